The minimum Gasteiger partial charge on any atom is -0.382 e. The Morgan fingerprint density at radius 3 is 2.06 bits per heavy atom. The average molecular weight is 238 g/mol. The van der Waals surface area contributed by atoms with Crippen LogP contribution in [0.4, 0.5) is 0 Å². The maximum Gasteiger partial charge on any atom is 0.167 e. The summed E-state index contributed by atoms with van der Waals surface area (Å²) in [6.07, 6.45) is 10.3. The van der Waals surface area contributed by atoms with Crippen molar-refractivity contribution in [2.75, 3.05) is 0 Å². The molecule has 1 N–H and O–H groups in total. The first-order chi connectivity index (χ1) is 8.12. The molecule has 0 heterocycles. The third-order valence-corrected chi connectivity index (χ3v) is 4.79. The highest BCUT2D eigenvalue weighted by molar-refractivity contribution is 5.89. The molecule has 0 aromatic carbocycles. The van der Waals surface area contributed by atoms with E-state index in [1.165, 1.54) is 25.7 Å². The first-order valence-corrected chi connectivity index (χ1v) is 7.38. The molecule has 0 spiro atoms. The molecule has 2 heteroatoms. The lowest BCUT2D eigenvalue weighted by atomic mass is 9.73. The van der Waals surface area contributed by atoms with E-state index >= 15 is 0 Å². The van der Waals surface area contributed by atoms with Gasteiger partial charge in [0.25, 0.3) is 0 Å². The Labute approximate surface area is 105 Å². The Balaban J connectivity index is 1.97. The number of carbonyl (C=O) groups excluding carboxylic acids is 1. The molecule has 2 fully saturated rings. The minimum atomic E-state index is -0.971. The molecule has 0 atom stereocenters. The molecule has 2 nitrogen and oxygen atoms in total. The summed E-state index contributed by atoms with van der Waals surface area (Å²) in [5.41, 5.74) is -0.971. The molecule has 0 saturated heterocycles. The number of ketones is 1. The fourth-order valence-electron chi connectivity index (χ4n) is 3.41. The zero-order valence-electron chi connectivity index (χ0n) is 11.1. The smallest absolute Gasteiger partial charge is 0.167 e. The van der Waals surface area contributed by atoms with E-state index in [0.29, 0.717) is 18.8 Å². The third-order valence-electron chi connectivity index (χ3n) is 4.79. The van der Waals surface area contributed by atoms with Gasteiger partial charge in [-0.1, -0.05) is 32.6 Å². The van der Waals surface area contributed by atoms with Crippen LogP contribution < -0.4 is 0 Å². The molecule has 0 unspecified atom stereocenters. The highest BCUT2D eigenvalue weighted by atomic mass is 16.3. The Hall–Kier alpha value is -0.370. The molecule has 0 aromatic rings. The van der Waals surface area contributed by atoms with E-state index in [-0.39, 0.29) is 11.7 Å². The van der Waals surface area contributed by atoms with Crippen molar-refractivity contribution in [3.8, 4) is 0 Å². The van der Waals surface area contributed by atoms with Crippen molar-refractivity contribution in [2.24, 2.45) is 11.8 Å². The van der Waals surface area contributed by atoms with Crippen LogP contribution in [0.2, 0.25) is 0 Å². The molecule has 98 valence electrons. The summed E-state index contributed by atoms with van der Waals surface area (Å²) in [4.78, 5) is 12.5. The highest BCUT2D eigenvalue weighted by Crippen LogP contribution is 2.36. The van der Waals surface area contributed by atoms with E-state index in [1.54, 1.807) is 0 Å². The number of Topliss-reactive ketones (excluding diaryl/α,β-unsaturated/α-hetero) is 1. The molecule has 0 bridgehead atoms. The van der Waals surface area contributed by atoms with Crippen LogP contribution in [-0.2, 0) is 4.79 Å². The van der Waals surface area contributed by atoms with Crippen molar-refractivity contribution in [2.45, 2.75) is 76.7 Å². The van der Waals surface area contributed by atoms with E-state index in [4.69, 9.17) is 0 Å². The molecule has 0 amide bonds. The molecule has 0 aliphatic heterocycles. The monoisotopic (exact) mass is 238 g/mol. The maximum atomic E-state index is 12.5. The first kappa shape index (κ1) is 13.1. The van der Waals surface area contributed by atoms with Crippen LogP contribution in [0, 0.1) is 11.8 Å². The van der Waals surface area contributed by atoms with Crippen molar-refractivity contribution >= 4 is 5.78 Å². The Morgan fingerprint density at radius 2 is 1.53 bits per heavy atom. The number of hydrogen-bond acceptors (Lipinski definition) is 2. The highest BCUT2D eigenvalue weighted by Gasteiger charge is 2.41. The molecule has 17 heavy (non-hydrogen) atoms. The Morgan fingerprint density at radius 1 is 1.00 bits per heavy atom. The van der Waals surface area contributed by atoms with E-state index in [0.717, 1.165) is 25.7 Å². The van der Waals surface area contributed by atoms with Crippen molar-refractivity contribution in [3.05, 3.63) is 0 Å². The van der Waals surface area contributed by atoms with Crippen LogP contribution in [-0.4, -0.2) is 16.5 Å². The van der Waals surface area contributed by atoms with Gasteiger partial charge in [-0.3, -0.25) is 4.79 Å². The van der Waals surface area contributed by atoms with Gasteiger partial charge in [0.15, 0.2) is 5.78 Å². The van der Waals surface area contributed by atoms with Gasteiger partial charge in [-0.05, 0) is 44.4 Å². The van der Waals surface area contributed by atoms with Crippen LogP contribution in [0.5, 0.6) is 0 Å². The summed E-state index contributed by atoms with van der Waals surface area (Å²) in [6.45, 7) is 2.22. The number of carbonyl (C=O) groups is 1. The van der Waals surface area contributed by atoms with Crippen molar-refractivity contribution in [1.82, 2.24) is 0 Å². The second kappa shape index (κ2) is 5.51. The zero-order valence-corrected chi connectivity index (χ0v) is 11.1. The van der Waals surface area contributed by atoms with Crippen LogP contribution in [0.15, 0.2) is 0 Å². The molecule has 0 radical (unpaired) electrons. The summed E-state index contributed by atoms with van der Waals surface area (Å²) < 4.78 is 0. The normalized spacial score (nSPS) is 36.5. The predicted octanol–water partition coefficient (Wildman–Crippen LogP) is 3.47. The molecular weight excluding hydrogens is 212 g/mol. The van der Waals surface area contributed by atoms with Crippen LogP contribution in [0.1, 0.15) is 71.1 Å². The fourth-order valence-corrected chi connectivity index (χ4v) is 3.41. The number of hydrogen-bond donors (Lipinski definition) is 1. The van der Waals surface area contributed by atoms with Crippen LogP contribution in [0.25, 0.3) is 0 Å². The third kappa shape index (κ3) is 3.09. The summed E-state index contributed by atoms with van der Waals surface area (Å²) in [6, 6.07) is 0. The van der Waals surface area contributed by atoms with Gasteiger partial charge < -0.3 is 5.11 Å². The SMILES string of the molecule is CC1CCC(O)(C(=O)C2CCCCCC2)CC1. The topological polar surface area (TPSA) is 37.3 Å². The van der Waals surface area contributed by atoms with Gasteiger partial charge in [-0.2, -0.15) is 0 Å². The summed E-state index contributed by atoms with van der Waals surface area (Å²) in [5, 5.41) is 10.6. The molecule has 0 aromatic heterocycles. The van der Waals surface area contributed by atoms with E-state index < -0.39 is 5.60 Å². The molecule has 2 aliphatic carbocycles. The molecule has 2 aliphatic rings. The Kier molecular flexibility index (Phi) is 4.24. The molecular formula is C15H26O2. The summed E-state index contributed by atoms with van der Waals surface area (Å²) in [5.74, 6) is 0.999. The first-order valence-electron chi connectivity index (χ1n) is 7.38. The predicted molar refractivity (Wildman–Crippen MR) is 68.8 cm³/mol. The van der Waals surface area contributed by atoms with Gasteiger partial charge in [0, 0.05) is 5.92 Å². The van der Waals surface area contributed by atoms with Gasteiger partial charge in [0.2, 0.25) is 0 Å². The average Bonchev–Trinajstić information content (AvgIpc) is 2.61. The van der Waals surface area contributed by atoms with Gasteiger partial charge in [-0.15, -0.1) is 0 Å². The lowest BCUT2D eigenvalue weighted by Crippen LogP contribution is -2.45. The Bertz CT molecular complexity index is 256. The standard InChI is InChI=1S/C15H26O2/c1-12-8-10-15(17,11-9-12)14(16)13-6-4-2-3-5-7-13/h12-13,17H,2-11H2,1H3. The fraction of sp³-hybridized carbons (Fsp3) is 0.933. The number of rotatable bonds is 2. The largest absolute Gasteiger partial charge is 0.382 e. The quantitative estimate of drug-likeness (QED) is 0.748. The van der Waals surface area contributed by atoms with Crippen molar-refractivity contribution in [1.29, 1.82) is 0 Å². The van der Waals surface area contributed by atoms with Crippen LogP contribution >= 0.6 is 0 Å². The van der Waals surface area contributed by atoms with Gasteiger partial charge in [0.1, 0.15) is 5.60 Å². The van der Waals surface area contributed by atoms with Gasteiger partial charge in [-0.25, -0.2) is 0 Å². The summed E-state index contributed by atoms with van der Waals surface area (Å²) >= 11 is 0. The molecule has 2 rings (SSSR count). The van der Waals surface area contributed by atoms with Crippen molar-refractivity contribution < 1.29 is 9.90 Å². The lowest BCUT2D eigenvalue weighted by Gasteiger charge is -2.35. The second-order valence-corrected chi connectivity index (χ2v) is 6.27. The number of aliphatic hydroxyl groups is 1. The van der Waals surface area contributed by atoms with Crippen LogP contribution in [0.3, 0.4) is 0 Å². The van der Waals surface area contributed by atoms with E-state index in [9.17, 15) is 9.90 Å². The van der Waals surface area contributed by atoms with Gasteiger partial charge in [0.05, 0.1) is 0 Å². The lowest BCUT2D eigenvalue weighted by molar-refractivity contribution is -0.146. The zero-order chi connectivity index (χ0) is 12.3. The van der Waals surface area contributed by atoms with E-state index in [1.807, 2.05) is 0 Å². The maximum absolute atomic E-state index is 12.5. The van der Waals surface area contributed by atoms with Gasteiger partial charge >= 0.3 is 0 Å². The second-order valence-electron chi connectivity index (χ2n) is 6.27. The van der Waals surface area contributed by atoms with E-state index in [2.05, 4.69) is 6.92 Å². The summed E-state index contributed by atoms with van der Waals surface area (Å²) in [7, 11) is 0. The molecule has 2 saturated carbocycles. The minimum absolute atomic E-state index is 0.149. The van der Waals surface area contributed by atoms with Crippen molar-refractivity contribution in [3.63, 3.8) is 0 Å².